The Kier molecular flexibility index (Phi) is 7.03. The molecule has 16 aromatic carbocycles. The molecule has 318 valence electrons. The standard InChI is InChI=1S/C70H38/c1-5-17-40(18-6-1)57-65-52-29-15-25-39-26-16-30-53(56(39)52)66(65)58(41-19-7-2-8-20-41)70-60(43-23-11-4-12-24-43)68-55-38-36-51-49-34-32-47-45-28-14-13-27-44(45)46-31-33-48(62(49)61(46)47)50-35-37-54(64(55)63(50)51)67(68)59(69(57)70)42-21-9-3-10-22-42/h1-38H. The van der Waals surface area contributed by atoms with Gasteiger partial charge in [0.25, 0.3) is 0 Å². The van der Waals surface area contributed by atoms with Gasteiger partial charge in [-0.1, -0.05) is 231 Å². The van der Waals surface area contributed by atoms with E-state index in [0.29, 0.717) is 0 Å². The van der Waals surface area contributed by atoms with Crippen molar-refractivity contribution in [3.63, 3.8) is 0 Å². The Hall–Kier alpha value is -9.10. The van der Waals surface area contributed by atoms with Crippen molar-refractivity contribution in [2.75, 3.05) is 0 Å². The molecule has 0 bridgehead atoms. The molecule has 70 heavy (non-hydrogen) atoms. The van der Waals surface area contributed by atoms with Gasteiger partial charge in [0.15, 0.2) is 0 Å². The lowest BCUT2D eigenvalue weighted by Crippen LogP contribution is -1.96. The van der Waals surface area contributed by atoms with E-state index in [0.717, 1.165) is 0 Å². The molecule has 1 aliphatic rings. The molecule has 17 rings (SSSR count). The first-order chi connectivity index (χ1) is 34.8. The number of hydrogen-bond acceptors (Lipinski definition) is 0. The average Bonchev–Trinajstić information content (AvgIpc) is 4.07. The highest BCUT2D eigenvalue weighted by Crippen LogP contribution is 2.61. The Labute approximate surface area is 402 Å². The van der Waals surface area contributed by atoms with Gasteiger partial charge in [-0.25, -0.2) is 0 Å². The SMILES string of the molecule is c1ccc(-c2c3c(-c4ccccc4)c4c5ccc6c7ccc8c9c(ccc(c%10ccc(c4c(-c4ccccc4)c3c(-c3ccccc3)c3c4cccc%11cccc(c23)c%114)c5c6%10)c97)-c2ccccc2-8)cc1. The molecule has 1 aliphatic carbocycles. The van der Waals surface area contributed by atoms with Crippen LogP contribution in [-0.2, 0) is 0 Å². The molecule has 0 spiro atoms. The molecule has 0 N–H and O–H groups in total. The summed E-state index contributed by atoms with van der Waals surface area (Å²) in [6, 6.07) is 87.5. The van der Waals surface area contributed by atoms with Crippen LogP contribution in [0.1, 0.15) is 0 Å². The lowest BCUT2D eigenvalue weighted by Gasteiger charge is -2.24. The van der Waals surface area contributed by atoms with Crippen molar-refractivity contribution in [3.8, 4) is 66.8 Å². The Morgan fingerprint density at radius 2 is 0.443 bits per heavy atom. The fourth-order valence-corrected chi connectivity index (χ4v) is 13.9. The highest BCUT2D eigenvalue weighted by molar-refractivity contribution is 6.50. The minimum Gasteiger partial charge on any atom is -0.0622 e. The van der Waals surface area contributed by atoms with E-state index in [-0.39, 0.29) is 0 Å². The van der Waals surface area contributed by atoms with E-state index in [1.807, 2.05) is 0 Å². The minimum absolute atomic E-state index is 1.22. The van der Waals surface area contributed by atoms with Crippen molar-refractivity contribution in [1.29, 1.82) is 0 Å². The first-order valence-electron chi connectivity index (χ1n) is 24.6. The molecule has 0 saturated heterocycles. The molecule has 0 fully saturated rings. The maximum absolute atomic E-state index is 2.48. The predicted octanol–water partition coefficient (Wildman–Crippen LogP) is 19.8. The number of hydrogen-bond donors (Lipinski definition) is 0. The lowest BCUT2D eigenvalue weighted by molar-refractivity contribution is 1.65. The maximum Gasteiger partial charge on any atom is -0.0000928 e. The summed E-state index contributed by atoms with van der Waals surface area (Å²) in [7, 11) is 0. The molecule has 0 unspecified atom stereocenters. The van der Waals surface area contributed by atoms with E-state index >= 15 is 0 Å². The van der Waals surface area contributed by atoms with Gasteiger partial charge in [0.1, 0.15) is 0 Å². The third kappa shape index (κ3) is 4.48. The molecule has 0 nitrogen and oxygen atoms in total. The summed E-state index contributed by atoms with van der Waals surface area (Å²) < 4.78 is 0. The highest BCUT2D eigenvalue weighted by Gasteiger charge is 2.32. The normalized spacial score (nSPS) is 12.6. The molecule has 0 amide bonds. The second kappa shape index (κ2) is 13.3. The first-order valence-corrected chi connectivity index (χ1v) is 24.6. The summed E-state index contributed by atoms with van der Waals surface area (Å²) >= 11 is 0. The minimum atomic E-state index is 1.22. The zero-order valence-electron chi connectivity index (χ0n) is 37.9. The summed E-state index contributed by atoms with van der Waals surface area (Å²) in [5.74, 6) is 0. The van der Waals surface area contributed by atoms with E-state index in [2.05, 4.69) is 231 Å². The van der Waals surface area contributed by atoms with E-state index in [1.165, 1.54) is 174 Å². The predicted molar refractivity (Wildman–Crippen MR) is 301 cm³/mol. The van der Waals surface area contributed by atoms with E-state index in [1.54, 1.807) is 0 Å². The van der Waals surface area contributed by atoms with Gasteiger partial charge in [-0.3, -0.25) is 0 Å². The average molecular weight is 879 g/mol. The van der Waals surface area contributed by atoms with Crippen LogP contribution in [0.2, 0.25) is 0 Å². The second-order valence-corrected chi connectivity index (χ2v) is 19.6. The molecule has 0 heterocycles. The second-order valence-electron chi connectivity index (χ2n) is 19.6. The van der Waals surface area contributed by atoms with Crippen LogP contribution in [-0.4, -0.2) is 0 Å². The molecule has 16 aromatic rings. The van der Waals surface area contributed by atoms with Crippen LogP contribution in [0.3, 0.4) is 0 Å². The summed E-state index contributed by atoms with van der Waals surface area (Å²) in [6.45, 7) is 0. The quantitative estimate of drug-likeness (QED) is 0.122. The summed E-state index contributed by atoms with van der Waals surface area (Å²) in [5.41, 5.74) is 15.4. The van der Waals surface area contributed by atoms with Crippen LogP contribution in [0, 0.1) is 0 Å². The number of benzene rings is 14. The van der Waals surface area contributed by atoms with Crippen molar-refractivity contribution in [3.05, 3.63) is 231 Å². The topological polar surface area (TPSA) is 0 Å². The molecular formula is C70H38. The van der Waals surface area contributed by atoms with Crippen molar-refractivity contribution in [2.24, 2.45) is 0 Å². The van der Waals surface area contributed by atoms with Gasteiger partial charge in [0.2, 0.25) is 0 Å². The Morgan fingerprint density at radius 1 is 0.143 bits per heavy atom. The number of fused-ring (bicyclic) bond motifs is 12. The zero-order valence-corrected chi connectivity index (χ0v) is 37.9. The van der Waals surface area contributed by atoms with Gasteiger partial charge in [-0.05, 0) is 174 Å². The molecule has 0 radical (unpaired) electrons. The fourth-order valence-electron chi connectivity index (χ4n) is 13.9. The van der Waals surface area contributed by atoms with Crippen LogP contribution in [0.4, 0.5) is 0 Å². The van der Waals surface area contributed by atoms with Crippen molar-refractivity contribution < 1.29 is 0 Å². The third-order valence-corrected chi connectivity index (χ3v) is 16.4. The van der Waals surface area contributed by atoms with Gasteiger partial charge in [-0.15, -0.1) is 0 Å². The number of rotatable bonds is 4. The van der Waals surface area contributed by atoms with Crippen LogP contribution in [0.15, 0.2) is 231 Å². The molecular weight excluding hydrogens is 841 g/mol. The van der Waals surface area contributed by atoms with Crippen LogP contribution in [0.5, 0.6) is 0 Å². The molecule has 0 atom stereocenters. The van der Waals surface area contributed by atoms with Crippen LogP contribution in [0.25, 0.3) is 174 Å². The zero-order chi connectivity index (χ0) is 45.3. The fraction of sp³-hybridized carbons (Fsp3) is 0. The van der Waals surface area contributed by atoms with Gasteiger partial charge < -0.3 is 0 Å². The van der Waals surface area contributed by atoms with E-state index < -0.39 is 0 Å². The van der Waals surface area contributed by atoms with Crippen LogP contribution < -0.4 is 0 Å². The molecule has 0 saturated carbocycles. The Morgan fingerprint density at radius 3 is 0.829 bits per heavy atom. The van der Waals surface area contributed by atoms with Crippen molar-refractivity contribution in [2.45, 2.75) is 0 Å². The Balaban J connectivity index is 1.19. The maximum atomic E-state index is 2.48. The van der Waals surface area contributed by atoms with Gasteiger partial charge in [-0.2, -0.15) is 0 Å². The van der Waals surface area contributed by atoms with Crippen molar-refractivity contribution >= 4 is 108 Å². The smallest absolute Gasteiger partial charge is 0.0000928 e. The molecule has 0 aliphatic heterocycles. The Bertz CT molecular complexity index is 4580. The summed E-state index contributed by atoms with van der Waals surface area (Å²) in [5, 5.41) is 26.4. The lowest BCUT2D eigenvalue weighted by atomic mass is 9.78. The van der Waals surface area contributed by atoms with Crippen molar-refractivity contribution in [1.82, 2.24) is 0 Å². The highest BCUT2D eigenvalue weighted by atomic mass is 14.3. The monoisotopic (exact) mass is 878 g/mol. The van der Waals surface area contributed by atoms with Gasteiger partial charge in [0.05, 0.1) is 0 Å². The largest absolute Gasteiger partial charge is 0.0622 e. The summed E-state index contributed by atoms with van der Waals surface area (Å²) in [6.07, 6.45) is 0. The van der Waals surface area contributed by atoms with Crippen LogP contribution >= 0.6 is 0 Å². The van der Waals surface area contributed by atoms with E-state index in [4.69, 9.17) is 0 Å². The van der Waals surface area contributed by atoms with Gasteiger partial charge in [0, 0.05) is 0 Å². The van der Waals surface area contributed by atoms with Gasteiger partial charge >= 0.3 is 0 Å². The molecule has 0 heteroatoms. The third-order valence-electron chi connectivity index (χ3n) is 16.4. The first kappa shape index (κ1) is 37.0. The summed E-state index contributed by atoms with van der Waals surface area (Å²) in [4.78, 5) is 0. The van der Waals surface area contributed by atoms with E-state index in [9.17, 15) is 0 Å². The molecule has 0 aromatic heterocycles.